The molecule has 0 saturated heterocycles. The minimum Gasteiger partial charge on any atom is -0.386 e. The summed E-state index contributed by atoms with van der Waals surface area (Å²) < 4.78 is 32.9. The Balaban J connectivity index is 0.00000225. The summed E-state index contributed by atoms with van der Waals surface area (Å²) in [4.78, 5) is 0. The molecular weight excluding hydrogens is 384 g/mol. The first kappa shape index (κ1) is 16.2. The molecule has 0 spiro atoms. The Labute approximate surface area is 113 Å². The Morgan fingerprint density at radius 1 is 1.12 bits per heavy atom. The minimum absolute atomic E-state index is 0. The van der Waals surface area contributed by atoms with Crippen LogP contribution in [-0.2, 0) is 22.7 Å². The molecule has 0 heterocycles. The minimum atomic E-state index is -4.14. The molecule has 0 bridgehead atoms. The third kappa shape index (κ3) is 5.03. The van der Waals surface area contributed by atoms with Crippen LogP contribution in [0.3, 0.4) is 0 Å². The molecule has 6 heteroatoms. The van der Waals surface area contributed by atoms with E-state index in [2.05, 4.69) is 0 Å². The van der Waals surface area contributed by atoms with E-state index in [1.165, 1.54) is 19.9 Å². The predicted molar refractivity (Wildman–Crippen MR) is 46.4 cm³/mol. The zero-order chi connectivity index (χ0) is 11.7. The van der Waals surface area contributed by atoms with Gasteiger partial charge >= 0.3 is 25.4 Å². The van der Waals surface area contributed by atoms with Gasteiger partial charge in [0.25, 0.3) is 0 Å². The molecule has 0 aliphatic carbocycles. The summed E-state index contributed by atoms with van der Waals surface area (Å²) >= 11 is -2.06. The van der Waals surface area contributed by atoms with Crippen LogP contribution in [0.2, 0.25) is 0 Å². The zero-order valence-electron chi connectivity index (χ0n) is 8.57. The van der Waals surface area contributed by atoms with Crippen molar-refractivity contribution in [3.63, 3.8) is 0 Å². The fourth-order valence-electron chi connectivity index (χ4n) is 1.16. The molecule has 0 aromatic heterocycles. The standard InChI is InChI=1S/C10H11F3IO.Cu/c1-9(2,15)7-5-3-4-6-8(7)14-10(11,12)13;/h3-6,15H,1-2H3;/q+1;. The first-order valence-corrected chi connectivity index (χ1v) is 6.40. The smallest absolute Gasteiger partial charge is 0.386 e. The molecule has 0 aliphatic rings. The van der Waals surface area contributed by atoms with Gasteiger partial charge in [0, 0.05) is 22.6 Å². The fourth-order valence-corrected chi connectivity index (χ4v) is 3.33. The third-order valence-corrected chi connectivity index (χ3v) is 3.88. The van der Waals surface area contributed by atoms with Crippen LogP contribution in [0.5, 0.6) is 0 Å². The molecule has 1 nitrogen and oxygen atoms in total. The van der Waals surface area contributed by atoms with Crippen molar-refractivity contribution in [2.24, 2.45) is 0 Å². The van der Waals surface area contributed by atoms with Gasteiger partial charge in [0.05, 0.1) is 5.60 Å². The molecule has 0 atom stereocenters. The second-order valence-electron chi connectivity index (χ2n) is 3.56. The summed E-state index contributed by atoms with van der Waals surface area (Å²) in [7, 11) is 0. The number of alkyl halides is 4. The van der Waals surface area contributed by atoms with E-state index in [0.717, 1.165) is 0 Å². The zero-order valence-corrected chi connectivity index (χ0v) is 11.7. The number of hydrogen-bond donors (Lipinski definition) is 1. The summed E-state index contributed by atoms with van der Waals surface area (Å²) in [5, 5.41) is 9.72. The van der Waals surface area contributed by atoms with Crippen LogP contribution in [0.15, 0.2) is 24.3 Å². The summed E-state index contributed by atoms with van der Waals surface area (Å²) in [6.07, 6.45) is 0. The van der Waals surface area contributed by atoms with E-state index >= 15 is 0 Å². The van der Waals surface area contributed by atoms with E-state index in [1.54, 1.807) is 18.2 Å². The van der Waals surface area contributed by atoms with Crippen LogP contribution < -0.4 is 21.2 Å². The summed E-state index contributed by atoms with van der Waals surface area (Å²) in [5.74, 6) is 0. The van der Waals surface area contributed by atoms with Gasteiger partial charge in [-0.3, -0.25) is 0 Å². The SMILES string of the molecule is CC(C)(O)c1ccccc1[I+]C(F)(F)F.[Cu]. The van der Waals surface area contributed by atoms with Crippen LogP contribution in [0, 0.1) is 3.57 Å². The molecule has 1 aromatic carbocycles. The summed E-state index contributed by atoms with van der Waals surface area (Å²) in [6, 6.07) is 6.18. The molecule has 1 N–H and O–H groups in total. The van der Waals surface area contributed by atoms with Crippen molar-refractivity contribution in [1.82, 2.24) is 0 Å². The second-order valence-corrected chi connectivity index (χ2v) is 6.49. The second kappa shape index (κ2) is 5.71. The van der Waals surface area contributed by atoms with Crippen LogP contribution >= 0.6 is 0 Å². The number of halogens is 4. The first-order chi connectivity index (χ1) is 6.70. The van der Waals surface area contributed by atoms with Crippen molar-refractivity contribution >= 4 is 0 Å². The van der Waals surface area contributed by atoms with E-state index < -0.39 is 31.0 Å². The number of benzene rings is 1. The Kier molecular flexibility index (Phi) is 5.79. The molecule has 0 saturated carbocycles. The maximum absolute atomic E-state index is 12.3. The molecule has 0 amide bonds. The molecule has 95 valence electrons. The number of aliphatic hydroxyl groups is 1. The molecular formula is C10H11CuF3IO+. The van der Waals surface area contributed by atoms with Crippen molar-refractivity contribution in [2.45, 2.75) is 23.6 Å². The van der Waals surface area contributed by atoms with Crippen molar-refractivity contribution in [3.8, 4) is 0 Å². The summed E-state index contributed by atoms with van der Waals surface area (Å²) in [6.45, 7) is 2.98. The van der Waals surface area contributed by atoms with E-state index in [0.29, 0.717) is 5.56 Å². The van der Waals surface area contributed by atoms with Crippen molar-refractivity contribution in [2.75, 3.05) is 0 Å². The van der Waals surface area contributed by atoms with Gasteiger partial charge in [0.2, 0.25) is 3.57 Å². The molecule has 1 aromatic rings. The fraction of sp³-hybridized carbons (Fsp3) is 0.400. The largest absolute Gasteiger partial charge is 0.609 e. The van der Waals surface area contributed by atoms with Crippen molar-refractivity contribution < 1.29 is 56.6 Å². The van der Waals surface area contributed by atoms with Gasteiger partial charge in [-0.15, -0.1) is 13.2 Å². The molecule has 0 aliphatic heterocycles. The van der Waals surface area contributed by atoms with Gasteiger partial charge < -0.3 is 5.11 Å². The van der Waals surface area contributed by atoms with Crippen LogP contribution in [-0.4, -0.2) is 9.29 Å². The van der Waals surface area contributed by atoms with Gasteiger partial charge in [-0.1, -0.05) is 18.2 Å². The normalized spacial score (nSPS) is 12.1. The van der Waals surface area contributed by atoms with Gasteiger partial charge in [-0.25, -0.2) is 0 Å². The maximum Gasteiger partial charge on any atom is 0.609 e. The Bertz CT molecular complexity index is 347. The Morgan fingerprint density at radius 2 is 1.62 bits per heavy atom. The first-order valence-electron chi connectivity index (χ1n) is 4.25. The monoisotopic (exact) mass is 394 g/mol. The van der Waals surface area contributed by atoms with E-state index in [4.69, 9.17) is 0 Å². The molecule has 1 radical (unpaired) electrons. The molecule has 0 fully saturated rings. The van der Waals surface area contributed by atoms with Gasteiger partial charge in [0.1, 0.15) is 0 Å². The van der Waals surface area contributed by atoms with Crippen molar-refractivity contribution in [3.05, 3.63) is 33.4 Å². The molecule has 1 rings (SSSR count). The van der Waals surface area contributed by atoms with E-state index in [9.17, 15) is 18.3 Å². The van der Waals surface area contributed by atoms with Gasteiger partial charge in [-0.2, -0.15) is 0 Å². The maximum atomic E-state index is 12.3. The number of rotatable bonds is 2. The van der Waals surface area contributed by atoms with Crippen LogP contribution in [0.4, 0.5) is 13.2 Å². The van der Waals surface area contributed by atoms with Gasteiger partial charge in [0.15, 0.2) is 0 Å². The van der Waals surface area contributed by atoms with Crippen LogP contribution in [0.1, 0.15) is 19.4 Å². The predicted octanol–water partition coefficient (Wildman–Crippen LogP) is -0.310. The topological polar surface area (TPSA) is 20.2 Å². The van der Waals surface area contributed by atoms with Crippen molar-refractivity contribution in [1.29, 1.82) is 0 Å². The molecule has 0 unspecified atom stereocenters. The third-order valence-electron chi connectivity index (χ3n) is 1.74. The Morgan fingerprint density at radius 3 is 2.06 bits per heavy atom. The van der Waals surface area contributed by atoms with E-state index in [1.807, 2.05) is 0 Å². The number of hydrogen-bond acceptors (Lipinski definition) is 1. The Hall–Kier alpha value is 0.219. The van der Waals surface area contributed by atoms with E-state index in [-0.39, 0.29) is 20.6 Å². The summed E-state index contributed by atoms with van der Waals surface area (Å²) in [5.41, 5.74) is -0.850. The molecule has 16 heavy (non-hydrogen) atoms. The average molecular weight is 395 g/mol. The van der Waals surface area contributed by atoms with Crippen LogP contribution in [0.25, 0.3) is 0 Å². The van der Waals surface area contributed by atoms with Gasteiger partial charge in [-0.05, 0) is 19.9 Å². The average Bonchev–Trinajstić information content (AvgIpc) is 1.99. The quantitative estimate of drug-likeness (QED) is 0.415.